The van der Waals surface area contributed by atoms with E-state index < -0.39 is 29.0 Å². The highest BCUT2D eigenvalue weighted by atomic mass is 35.5. The number of ether oxygens (including phenoxy) is 1. The van der Waals surface area contributed by atoms with Crippen molar-refractivity contribution in [3.05, 3.63) is 82.4 Å². The minimum Gasteiger partial charge on any atom is -0.496 e. The average molecular weight is 558 g/mol. The van der Waals surface area contributed by atoms with Crippen LogP contribution in [0.2, 0.25) is 5.02 Å². The zero-order valence-corrected chi connectivity index (χ0v) is 22.6. The van der Waals surface area contributed by atoms with Crippen LogP contribution in [0.4, 0.5) is 13.2 Å². The lowest BCUT2D eigenvalue weighted by molar-refractivity contribution is -0.137. The average Bonchev–Trinajstić information content (AvgIpc) is 2.87. The third kappa shape index (κ3) is 8.28. The molecule has 0 radical (unpaired) electrons. The van der Waals surface area contributed by atoms with Crippen LogP contribution in [0.3, 0.4) is 0 Å². The molecule has 0 heterocycles. The summed E-state index contributed by atoms with van der Waals surface area (Å²) < 4.78 is 60.9. The van der Waals surface area contributed by atoms with E-state index in [1.54, 1.807) is 53.7 Å². The highest BCUT2D eigenvalue weighted by Crippen LogP contribution is 2.38. The predicted octanol–water partition coefficient (Wildman–Crippen LogP) is 6.46. The standard InChI is InChI=1S/C25H25ClF3NO4S.C2H6/c1-3-30(35(33)20-8-6-19(26)7-9-20)15-17-14-18(25(27,28)29)5-10-21(17)22-12-16(13-24(31)32)4-11-23(22)34-2;1-2/h4-12,14,24,31-32H,3,13,15H2,1-2H3;1-2H3. The van der Waals surface area contributed by atoms with Crippen LogP contribution in [0.1, 0.15) is 37.5 Å². The first kappa shape index (κ1) is 30.8. The Hall–Kier alpha value is -2.43. The van der Waals surface area contributed by atoms with Gasteiger partial charge in [0.1, 0.15) is 16.7 Å². The molecule has 1 unspecified atom stereocenters. The fourth-order valence-electron chi connectivity index (χ4n) is 3.64. The van der Waals surface area contributed by atoms with Crippen molar-refractivity contribution in [2.24, 2.45) is 0 Å². The van der Waals surface area contributed by atoms with Crippen LogP contribution in [0.15, 0.2) is 65.6 Å². The first-order valence-corrected chi connectivity index (χ1v) is 13.2. The maximum Gasteiger partial charge on any atom is 0.416 e. The summed E-state index contributed by atoms with van der Waals surface area (Å²) in [5.41, 5.74) is 0.978. The second-order valence-electron chi connectivity index (χ2n) is 7.75. The summed E-state index contributed by atoms with van der Waals surface area (Å²) in [4.78, 5) is 0.473. The van der Waals surface area contributed by atoms with Gasteiger partial charge in [0.15, 0.2) is 6.29 Å². The molecule has 0 aromatic heterocycles. The summed E-state index contributed by atoms with van der Waals surface area (Å²) in [5, 5.41) is 19.2. The Bertz CT molecular complexity index is 1190. The van der Waals surface area contributed by atoms with Gasteiger partial charge in [0.25, 0.3) is 0 Å². The zero-order valence-electron chi connectivity index (χ0n) is 21.1. The minimum atomic E-state index is -4.56. The van der Waals surface area contributed by atoms with Gasteiger partial charge in [-0.2, -0.15) is 13.2 Å². The summed E-state index contributed by atoms with van der Waals surface area (Å²) >= 11 is 5.92. The first-order valence-electron chi connectivity index (χ1n) is 11.7. The Kier molecular flexibility index (Phi) is 11.6. The molecule has 3 aromatic carbocycles. The van der Waals surface area contributed by atoms with Crippen molar-refractivity contribution in [1.29, 1.82) is 0 Å². The number of hydrogen-bond acceptors (Lipinski definition) is 4. The van der Waals surface area contributed by atoms with Crippen LogP contribution in [-0.4, -0.2) is 38.7 Å². The van der Waals surface area contributed by atoms with E-state index in [1.807, 2.05) is 13.8 Å². The first-order chi connectivity index (χ1) is 17.5. The molecule has 0 aliphatic heterocycles. The Balaban J connectivity index is 0.00000235. The molecule has 0 saturated carbocycles. The summed E-state index contributed by atoms with van der Waals surface area (Å²) in [7, 11) is -0.204. The molecule has 3 rings (SSSR count). The summed E-state index contributed by atoms with van der Waals surface area (Å²) in [6, 6.07) is 14.7. The summed E-state index contributed by atoms with van der Waals surface area (Å²) in [5.74, 6) is 0.407. The van der Waals surface area contributed by atoms with Crippen molar-refractivity contribution >= 4 is 22.6 Å². The SMILES string of the molecule is CC.CCN(Cc1cc(C(F)(F)F)ccc1-c1cc(CC(O)O)ccc1OC)S(=O)c1ccc(Cl)cc1. The van der Waals surface area contributed by atoms with Gasteiger partial charge in [-0.25, -0.2) is 8.51 Å². The highest BCUT2D eigenvalue weighted by Gasteiger charge is 2.32. The molecule has 0 bridgehead atoms. The molecule has 0 spiro atoms. The van der Waals surface area contributed by atoms with Crippen molar-refractivity contribution in [3.8, 4) is 16.9 Å². The van der Waals surface area contributed by atoms with E-state index in [1.165, 1.54) is 13.2 Å². The normalized spacial score (nSPS) is 12.3. The number of methoxy groups -OCH3 is 1. The van der Waals surface area contributed by atoms with Gasteiger partial charge in [-0.1, -0.05) is 44.5 Å². The van der Waals surface area contributed by atoms with E-state index in [4.69, 9.17) is 16.3 Å². The topological polar surface area (TPSA) is 70.0 Å². The second kappa shape index (κ2) is 13.9. The second-order valence-corrected chi connectivity index (χ2v) is 9.67. The van der Waals surface area contributed by atoms with E-state index in [0.29, 0.717) is 44.5 Å². The molecule has 0 fully saturated rings. The fourth-order valence-corrected chi connectivity index (χ4v) is 4.93. The number of aliphatic hydroxyl groups excluding tert-OH is 1. The van der Waals surface area contributed by atoms with Gasteiger partial charge in [-0.05, 0) is 65.2 Å². The van der Waals surface area contributed by atoms with Crippen molar-refractivity contribution in [2.45, 2.75) is 51.1 Å². The van der Waals surface area contributed by atoms with Gasteiger partial charge < -0.3 is 14.9 Å². The molecule has 10 heteroatoms. The van der Waals surface area contributed by atoms with Crippen molar-refractivity contribution in [1.82, 2.24) is 4.31 Å². The molecule has 0 saturated heterocycles. The number of hydrogen-bond donors (Lipinski definition) is 2. The predicted molar refractivity (Wildman–Crippen MR) is 141 cm³/mol. The minimum absolute atomic E-state index is 0.0407. The van der Waals surface area contributed by atoms with Gasteiger partial charge in [0, 0.05) is 30.1 Å². The third-order valence-electron chi connectivity index (χ3n) is 5.35. The molecule has 3 aromatic rings. The van der Waals surface area contributed by atoms with Crippen LogP contribution in [0, 0.1) is 0 Å². The zero-order chi connectivity index (χ0) is 27.8. The number of aliphatic hydroxyl groups is 2. The lowest BCUT2D eigenvalue weighted by atomic mass is 9.94. The number of nitrogens with zero attached hydrogens (tertiary/aromatic N) is 1. The van der Waals surface area contributed by atoms with E-state index in [0.717, 1.165) is 12.1 Å². The maximum atomic E-state index is 13.6. The monoisotopic (exact) mass is 557 g/mol. The molecule has 2 N–H and O–H groups in total. The summed E-state index contributed by atoms with van der Waals surface area (Å²) in [6.07, 6.45) is -6.21. The van der Waals surface area contributed by atoms with Crippen LogP contribution in [0.25, 0.3) is 11.1 Å². The molecule has 0 aliphatic rings. The smallest absolute Gasteiger partial charge is 0.416 e. The number of benzene rings is 3. The lowest BCUT2D eigenvalue weighted by Gasteiger charge is -2.23. The third-order valence-corrected chi connectivity index (χ3v) is 7.14. The quantitative estimate of drug-likeness (QED) is 0.296. The van der Waals surface area contributed by atoms with E-state index in [-0.39, 0.29) is 13.0 Å². The van der Waals surface area contributed by atoms with Crippen molar-refractivity contribution in [3.63, 3.8) is 0 Å². The lowest BCUT2D eigenvalue weighted by Crippen LogP contribution is -2.26. The van der Waals surface area contributed by atoms with Crippen molar-refractivity contribution in [2.75, 3.05) is 13.7 Å². The Morgan fingerprint density at radius 3 is 2.19 bits per heavy atom. The molecular weight excluding hydrogens is 527 g/mol. The largest absolute Gasteiger partial charge is 0.496 e. The van der Waals surface area contributed by atoms with E-state index in [9.17, 15) is 27.6 Å². The van der Waals surface area contributed by atoms with Gasteiger partial charge in [0.05, 0.1) is 17.6 Å². The van der Waals surface area contributed by atoms with Gasteiger partial charge in [-0.3, -0.25) is 0 Å². The van der Waals surface area contributed by atoms with Gasteiger partial charge in [-0.15, -0.1) is 0 Å². The maximum absolute atomic E-state index is 13.6. The van der Waals surface area contributed by atoms with Crippen LogP contribution in [0.5, 0.6) is 5.75 Å². The van der Waals surface area contributed by atoms with Gasteiger partial charge >= 0.3 is 6.18 Å². The van der Waals surface area contributed by atoms with E-state index in [2.05, 4.69) is 0 Å². The molecule has 0 aliphatic carbocycles. The molecule has 0 amide bonds. The Morgan fingerprint density at radius 2 is 1.65 bits per heavy atom. The van der Waals surface area contributed by atoms with Crippen LogP contribution in [-0.2, 0) is 30.1 Å². The number of alkyl halides is 3. The Labute approximate surface area is 223 Å². The highest BCUT2D eigenvalue weighted by molar-refractivity contribution is 7.82. The molecular formula is C27H31ClF3NO4S. The Morgan fingerprint density at radius 1 is 1.00 bits per heavy atom. The van der Waals surface area contributed by atoms with E-state index >= 15 is 0 Å². The van der Waals surface area contributed by atoms with Gasteiger partial charge in [0.2, 0.25) is 0 Å². The van der Waals surface area contributed by atoms with Crippen LogP contribution >= 0.6 is 11.6 Å². The molecule has 5 nitrogen and oxygen atoms in total. The van der Waals surface area contributed by atoms with Crippen molar-refractivity contribution < 1.29 is 32.3 Å². The van der Waals surface area contributed by atoms with Crippen LogP contribution < -0.4 is 4.74 Å². The number of rotatable bonds is 9. The molecule has 202 valence electrons. The molecule has 37 heavy (non-hydrogen) atoms. The summed E-state index contributed by atoms with van der Waals surface area (Å²) in [6.45, 7) is 6.03. The number of halogens is 4. The molecule has 1 atom stereocenters. The fraction of sp³-hybridized carbons (Fsp3) is 0.333.